The Kier molecular flexibility index (Phi) is 1.98. The monoisotopic (exact) mass is 274 g/mol. The van der Waals surface area contributed by atoms with E-state index in [1.165, 1.54) is 17.9 Å². The largest absolute Gasteiger partial charge is 0.358 e. The van der Waals surface area contributed by atoms with Crippen LogP contribution in [0.2, 0.25) is 0 Å². The van der Waals surface area contributed by atoms with E-state index >= 15 is 0 Å². The van der Waals surface area contributed by atoms with Crippen LogP contribution in [0.3, 0.4) is 0 Å². The highest BCUT2D eigenvalue weighted by molar-refractivity contribution is 9.10. The third kappa shape index (κ3) is 1.12. The second-order valence-electron chi connectivity index (χ2n) is 3.80. The van der Waals surface area contributed by atoms with E-state index in [9.17, 15) is 0 Å². The smallest absolute Gasteiger partial charge is 0.146 e. The maximum Gasteiger partial charge on any atom is 0.146 e. The van der Waals surface area contributed by atoms with Crippen molar-refractivity contribution < 1.29 is 4.74 Å². The molecule has 1 aromatic rings. The molecule has 2 fully saturated rings. The van der Waals surface area contributed by atoms with E-state index in [1.807, 2.05) is 29.7 Å². The van der Waals surface area contributed by atoms with Crippen molar-refractivity contribution in [2.24, 2.45) is 7.05 Å². The maximum atomic E-state index is 5.86. The third-order valence-electron chi connectivity index (χ3n) is 2.95. The van der Waals surface area contributed by atoms with Crippen molar-refractivity contribution in [1.29, 1.82) is 0 Å². The summed E-state index contributed by atoms with van der Waals surface area (Å²) in [6, 6.07) is 0. The van der Waals surface area contributed by atoms with E-state index < -0.39 is 0 Å². The van der Waals surface area contributed by atoms with Gasteiger partial charge in [-0.25, -0.2) is 0 Å². The van der Waals surface area contributed by atoms with Crippen LogP contribution in [-0.4, -0.2) is 27.4 Å². The third-order valence-corrected chi connectivity index (χ3v) is 4.69. The van der Waals surface area contributed by atoms with Crippen molar-refractivity contribution in [3.05, 3.63) is 16.4 Å². The summed E-state index contributed by atoms with van der Waals surface area (Å²) < 4.78 is 8.86. The fraction of sp³-hybridized carbons (Fsp3) is 0.667. The topological polar surface area (TPSA) is 30.4 Å². The Hall–Kier alpha value is -0.0000000000000000763. The Morgan fingerprint density at radius 3 is 3.29 bits per heavy atom. The first-order chi connectivity index (χ1) is 6.74. The minimum absolute atomic E-state index is 0.0347. The maximum absolute atomic E-state index is 5.86. The van der Waals surface area contributed by atoms with Crippen LogP contribution in [0.4, 0.5) is 0 Å². The van der Waals surface area contributed by atoms with Crippen LogP contribution in [0.5, 0.6) is 0 Å². The van der Waals surface area contributed by atoms with Gasteiger partial charge in [-0.2, -0.15) is 16.9 Å². The van der Waals surface area contributed by atoms with Crippen molar-refractivity contribution >= 4 is 27.7 Å². The van der Waals surface area contributed by atoms with Crippen molar-refractivity contribution in [1.82, 2.24) is 9.78 Å². The van der Waals surface area contributed by atoms with Gasteiger partial charge in [-0.3, -0.25) is 4.68 Å². The quantitative estimate of drug-likeness (QED) is 0.733. The number of ether oxygens (including phenoxy) is 1. The second kappa shape index (κ2) is 3.00. The number of rotatable bonds is 1. The molecule has 2 saturated heterocycles. The lowest BCUT2D eigenvalue weighted by Gasteiger charge is -2.17. The molecule has 5 heteroatoms. The van der Waals surface area contributed by atoms with Crippen molar-refractivity contribution in [3.63, 3.8) is 0 Å². The summed E-state index contributed by atoms with van der Waals surface area (Å²) in [4.78, 5) is 0. The van der Waals surface area contributed by atoms with Crippen LogP contribution in [-0.2, 0) is 17.4 Å². The first-order valence-electron chi connectivity index (χ1n) is 4.67. The molecular weight excluding hydrogens is 264 g/mol. The lowest BCUT2D eigenvalue weighted by molar-refractivity contribution is 0.306. The Morgan fingerprint density at radius 1 is 1.79 bits per heavy atom. The Bertz CT molecular complexity index is 361. The van der Waals surface area contributed by atoms with Crippen LogP contribution in [0.25, 0.3) is 0 Å². The first kappa shape index (κ1) is 9.24. The number of hydrogen-bond donors (Lipinski definition) is 0. The minimum atomic E-state index is -0.0347. The summed E-state index contributed by atoms with van der Waals surface area (Å²) in [6.07, 6.45) is 3.44. The predicted molar refractivity (Wildman–Crippen MR) is 59.4 cm³/mol. The standard InChI is InChI=1S/C9H11BrN2OS/c1-12-8(6(10)4-11-12)9-5-14-3-2-7(9)13-9/h4,7H,2-3,5H2,1H3/t7-,9+/m1/s1. The van der Waals surface area contributed by atoms with Gasteiger partial charge in [0.15, 0.2) is 0 Å². The molecule has 0 bridgehead atoms. The molecule has 0 amide bonds. The van der Waals surface area contributed by atoms with Gasteiger partial charge in [0.2, 0.25) is 0 Å². The molecule has 14 heavy (non-hydrogen) atoms. The molecule has 0 aliphatic carbocycles. The molecule has 76 valence electrons. The number of thioether (sulfide) groups is 1. The molecule has 2 aliphatic heterocycles. The number of aryl methyl sites for hydroxylation is 1. The molecule has 2 aliphatic rings. The molecule has 0 radical (unpaired) electrons. The predicted octanol–water partition coefficient (Wildman–Crippen LogP) is 1.91. The van der Waals surface area contributed by atoms with Crippen molar-refractivity contribution in [2.75, 3.05) is 11.5 Å². The van der Waals surface area contributed by atoms with Gasteiger partial charge < -0.3 is 4.74 Å². The molecular formula is C9H11BrN2OS. The minimum Gasteiger partial charge on any atom is -0.358 e. The lowest BCUT2D eigenvalue weighted by Crippen LogP contribution is -2.24. The molecule has 0 aromatic carbocycles. The van der Waals surface area contributed by atoms with Gasteiger partial charge in [-0.05, 0) is 28.1 Å². The van der Waals surface area contributed by atoms with E-state index in [-0.39, 0.29) is 5.60 Å². The molecule has 0 N–H and O–H groups in total. The number of halogens is 1. The molecule has 0 spiro atoms. The van der Waals surface area contributed by atoms with E-state index in [4.69, 9.17) is 4.74 Å². The molecule has 2 atom stereocenters. The van der Waals surface area contributed by atoms with Gasteiger partial charge in [0.05, 0.1) is 22.5 Å². The SMILES string of the molecule is Cn1ncc(Br)c1[C@]12CSCC[C@H]1O2. The van der Waals surface area contributed by atoms with Gasteiger partial charge in [0.25, 0.3) is 0 Å². The molecule has 3 nitrogen and oxygen atoms in total. The van der Waals surface area contributed by atoms with Crippen LogP contribution in [0.1, 0.15) is 12.1 Å². The van der Waals surface area contributed by atoms with Gasteiger partial charge in [0, 0.05) is 12.8 Å². The fourth-order valence-corrected chi connectivity index (χ4v) is 4.12. The highest BCUT2D eigenvalue weighted by Gasteiger charge is 2.61. The van der Waals surface area contributed by atoms with E-state index in [1.54, 1.807) is 0 Å². The number of aromatic nitrogens is 2. The summed E-state index contributed by atoms with van der Waals surface area (Å²) in [5.41, 5.74) is 1.17. The summed E-state index contributed by atoms with van der Waals surface area (Å²) in [7, 11) is 1.98. The van der Waals surface area contributed by atoms with Crippen molar-refractivity contribution in [3.8, 4) is 0 Å². The summed E-state index contributed by atoms with van der Waals surface area (Å²) >= 11 is 5.51. The Morgan fingerprint density at radius 2 is 2.64 bits per heavy atom. The summed E-state index contributed by atoms with van der Waals surface area (Å²) in [5, 5.41) is 4.24. The summed E-state index contributed by atoms with van der Waals surface area (Å²) in [5.74, 6) is 2.29. The van der Waals surface area contributed by atoms with Crippen LogP contribution < -0.4 is 0 Å². The zero-order chi connectivity index (χ0) is 9.76. The highest BCUT2D eigenvalue weighted by atomic mass is 79.9. The van der Waals surface area contributed by atoms with Gasteiger partial charge >= 0.3 is 0 Å². The zero-order valence-electron chi connectivity index (χ0n) is 7.86. The first-order valence-corrected chi connectivity index (χ1v) is 6.62. The zero-order valence-corrected chi connectivity index (χ0v) is 10.3. The van der Waals surface area contributed by atoms with Crippen LogP contribution in [0, 0.1) is 0 Å². The fourth-order valence-electron chi connectivity index (χ4n) is 2.22. The van der Waals surface area contributed by atoms with E-state index in [2.05, 4.69) is 21.0 Å². The van der Waals surface area contributed by atoms with E-state index in [0.717, 1.165) is 10.2 Å². The lowest BCUT2D eigenvalue weighted by atomic mass is 10.0. The normalized spacial score (nSPS) is 35.4. The van der Waals surface area contributed by atoms with E-state index in [0.29, 0.717) is 6.10 Å². The van der Waals surface area contributed by atoms with Gasteiger partial charge in [0.1, 0.15) is 5.60 Å². The number of nitrogens with zero attached hydrogens (tertiary/aromatic N) is 2. The molecule has 3 heterocycles. The van der Waals surface area contributed by atoms with Gasteiger partial charge in [-0.15, -0.1) is 0 Å². The molecule has 0 saturated carbocycles. The summed E-state index contributed by atoms with van der Waals surface area (Å²) in [6.45, 7) is 0. The average molecular weight is 275 g/mol. The number of hydrogen-bond acceptors (Lipinski definition) is 3. The Balaban J connectivity index is 2.03. The molecule has 1 aromatic heterocycles. The van der Waals surface area contributed by atoms with Crippen molar-refractivity contribution in [2.45, 2.75) is 18.1 Å². The second-order valence-corrected chi connectivity index (χ2v) is 5.76. The molecule has 3 rings (SSSR count). The Labute approximate surface area is 95.3 Å². The molecule has 0 unspecified atom stereocenters. The highest BCUT2D eigenvalue weighted by Crippen LogP contribution is 2.54. The van der Waals surface area contributed by atoms with Crippen LogP contribution >= 0.6 is 27.7 Å². The average Bonchev–Trinajstić information content (AvgIpc) is 2.81. The van der Waals surface area contributed by atoms with Crippen LogP contribution in [0.15, 0.2) is 10.7 Å². The number of epoxide rings is 1. The van der Waals surface area contributed by atoms with Gasteiger partial charge in [-0.1, -0.05) is 0 Å². The number of fused-ring (bicyclic) bond motifs is 1.